The molecule has 0 bridgehead atoms. The van der Waals surface area contributed by atoms with Crippen molar-refractivity contribution in [2.24, 2.45) is 0 Å². The molecule has 0 spiro atoms. The van der Waals surface area contributed by atoms with Gasteiger partial charge < -0.3 is 15.3 Å². The number of hydrogen-bond donors (Lipinski definition) is 2. The molecule has 0 saturated carbocycles. The quantitative estimate of drug-likeness (QED) is 0.758. The summed E-state index contributed by atoms with van der Waals surface area (Å²) in [5.41, 5.74) is 2.45. The molecule has 0 fully saturated rings. The fourth-order valence-corrected chi connectivity index (χ4v) is 2.00. The van der Waals surface area contributed by atoms with E-state index in [1.165, 1.54) is 0 Å². The molecule has 1 rings (SSSR count). The second-order valence-electron chi connectivity index (χ2n) is 4.97. The lowest BCUT2D eigenvalue weighted by molar-refractivity contribution is -0.136. The van der Waals surface area contributed by atoms with E-state index in [4.69, 9.17) is 5.11 Å². The lowest BCUT2D eigenvalue weighted by atomic mass is 10.0. The Morgan fingerprint density at radius 3 is 2.43 bits per heavy atom. The van der Waals surface area contributed by atoms with Crippen molar-refractivity contribution in [3.05, 3.63) is 47.5 Å². The zero-order valence-corrected chi connectivity index (χ0v) is 12.6. The maximum Gasteiger partial charge on any atom is 0.317 e. The summed E-state index contributed by atoms with van der Waals surface area (Å²) in [6.07, 6.45) is -0.0463. The minimum absolute atomic E-state index is 0.0463. The maximum atomic E-state index is 12.1. The summed E-state index contributed by atoms with van der Waals surface area (Å²) in [7, 11) is 0. The monoisotopic (exact) mass is 290 g/mol. The van der Waals surface area contributed by atoms with Crippen molar-refractivity contribution in [1.82, 2.24) is 10.2 Å². The van der Waals surface area contributed by atoms with Crippen molar-refractivity contribution in [3.8, 4) is 0 Å². The van der Waals surface area contributed by atoms with Crippen LogP contribution in [0, 0.1) is 0 Å². The van der Waals surface area contributed by atoms with Gasteiger partial charge in [0.25, 0.3) is 0 Å². The number of likely N-dealkylation sites (N-methyl/N-ethyl adjacent to an activating group) is 1. The molecule has 21 heavy (non-hydrogen) atoms. The lowest BCUT2D eigenvalue weighted by Crippen LogP contribution is -2.40. The van der Waals surface area contributed by atoms with Crippen LogP contribution in [0.5, 0.6) is 0 Å². The van der Waals surface area contributed by atoms with E-state index >= 15 is 0 Å². The van der Waals surface area contributed by atoms with Crippen molar-refractivity contribution in [2.45, 2.75) is 26.8 Å². The number of rotatable bonds is 7. The van der Waals surface area contributed by atoms with E-state index in [0.717, 1.165) is 11.1 Å². The van der Waals surface area contributed by atoms with Gasteiger partial charge in [0.1, 0.15) is 0 Å². The Morgan fingerprint density at radius 1 is 1.29 bits per heavy atom. The summed E-state index contributed by atoms with van der Waals surface area (Å²) >= 11 is 0. The summed E-state index contributed by atoms with van der Waals surface area (Å²) in [6.45, 7) is 9.00. The van der Waals surface area contributed by atoms with Crippen LogP contribution in [0.2, 0.25) is 0 Å². The highest BCUT2D eigenvalue weighted by atomic mass is 16.4. The first kappa shape index (κ1) is 16.8. The van der Waals surface area contributed by atoms with Gasteiger partial charge in [-0.05, 0) is 25.0 Å². The van der Waals surface area contributed by atoms with E-state index in [9.17, 15) is 9.59 Å². The second-order valence-corrected chi connectivity index (χ2v) is 4.97. The largest absolute Gasteiger partial charge is 0.481 e. The molecule has 0 unspecified atom stereocenters. The molecule has 0 aliphatic heterocycles. The minimum Gasteiger partial charge on any atom is -0.481 e. The van der Waals surface area contributed by atoms with E-state index in [-0.39, 0.29) is 12.5 Å². The minimum atomic E-state index is -0.883. The molecule has 0 atom stereocenters. The number of benzene rings is 1. The summed E-state index contributed by atoms with van der Waals surface area (Å²) in [6, 6.07) is 7.04. The van der Waals surface area contributed by atoms with Crippen LogP contribution < -0.4 is 5.32 Å². The number of carboxylic acid groups (broad SMARTS) is 1. The van der Waals surface area contributed by atoms with Gasteiger partial charge in [0, 0.05) is 19.6 Å². The van der Waals surface area contributed by atoms with Crippen LogP contribution >= 0.6 is 0 Å². The Bertz CT molecular complexity index is 526. The molecule has 0 aliphatic rings. The average Bonchev–Trinajstić information content (AvgIpc) is 2.42. The van der Waals surface area contributed by atoms with Gasteiger partial charge in [0.2, 0.25) is 0 Å². The summed E-state index contributed by atoms with van der Waals surface area (Å²) in [5.74, 6) is -0.883. The van der Waals surface area contributed by atoms with E-state index < -0.39 is 5.97 Å². The highest BCUT2D eigenvalue weighted by Gasteiger charge is 2.12. The average molecular weight is 290 g/mol. The fourth-order valence-electron chi connectivity index (χ4n) is 2.00. The van der Waals surface area contributed by atoms with E-state index in [0.29, 0.717) is 25.2 Å². The topological polar surface area (TPSA) is 69.6 Å². The standard InChI is InChI=1S/C16H22N2O3/c1-4-18(11-12(2)3)16(21)17-10-14-8-6-5-7-13(14)9-15(19)20/h5-8H,2,4,9-11H2,1,3H3,(H,17,21)(H,19,20). The van der Waals surface area contributed by atoms with Crippen LogP contribution in [-0.2, 0) is 17.8 Å². The number of amides is 2. The summed E-state index contributed by atoms with van der Waals surface area (Å²) < 4.78 is 0. The van der Waals surface area contributed by atoms with Gasteiger partial charge >= 0.3 is 12.0 Å². The Balaban J connectivity index is 2.68. The molecular weight excluding hydrogens is 268 g/mol. The van der Waals surface area contributed by atoms with Gasteiger partial charge in [0.15, 0.2) is 0 Å². The molecule has 5 heteroatoms. The number of urea groups is 1. The van der Waals surface area contributed by atoms with Crippen molar-refractivity contribution in [2.75, 3.05) is 13.1 Å². The SMILES string of the molecule is C=C(C)CN(CC)C(=O)NCc1ccccc1CC(=O)O. The molecule has 1 aromatic rings. The maximum absolute atomic E-state index is 12.1. The van der Waals surface area contributed by atoms with E-state index in [1.807, 2.05) is 26.0 Å². The van der Waals surface area contributed by atoms with Gasteiger partial charge in [0.05, 0.1) is 6.42 Å². The van der Waals surface area contributed by atoms with Crippen LogP contribution in [0.25, 0.3) is 0 Å². The number of carbonyl (C=O) groups excluding carboxylic acids is 1. The van der Waals surface area contributed by atoms with Gasteiger partial charge in [-0.15, -0.1) is 0 Å². The van der Waals surface area contributed by atoms with Crippen LogP contribution in [0.1, 0.15) is 25.0 Å². The van der Waals surface area contributed by atoms with E-state index in [1.54, 1.807) is 17.0 Å². The zero-order valence-electron chi connectivity index (χ0n) is 12.6. The molecule has 5 nitrogen and oxygen atoms in total. The van der Waals surface area contributed by atoms with Gasteiger partial charge in [-0.2, -0.15) is 0 Å². The molecule has 1 aromatic carbocycles. The highest BCUT2D eigenvalue weighted by molar-refractivity contribution is 5.74. The third-order valence-corrected chi connectivity index (χ3v) is 3.02. The first-order valence-electron chi connectivity index (χ1n) is 6.89. The second kappa shape index (κ2) is 8.09. The third kappa shape index (κ3) is 5.69. The predicted octanol–water partition coefficient (Wildman–Crippen LogP) is 2.42. The van der Waals surface area contributed by atoms with Crippen LogP contribution in [0.15, 0.2) is 36.4 Å². The fraction of sp³-hybridized carbons (Fsp3) is 0.375. The van der Waals surface area contributed by atoms with Crippen molar-refractivity contribution in [1.29, 1.82) is 0 Å². The Labute approximate surface area is 125 Å². The van der Waals surface area contributed by atoms with Crippen molar-refractivity contribution >= 4 is 12.0 Å². The normalized spacial score (nSPS) is 10.0. The predicted molar refractivity (Wildman–Crippen MR) is 82.1 cm³/mol. The zero-order chi connectivity index (χ0) is 15.8. The number of hydrogen-bond acceptors (Lipinski definition) is 2. The van der Waals surface area contributed by atoms with Gasteiger partial charge in [-0.3, -0.25) is 4.79 Å². The number of carbonyl (C=O) groups is 2. The molecule has 2 amide bonds. The number of carboxylic acids is 1. The first-order chi connectivity index (χ1) is 9.93. The summed E-state index contributed by atoms with van der Waals surface area (Å²) in [5, 5.41) is 11.7. The molecule has 2 N–H and O–H groups in total. The molecule has 0 heterocycles. The van der Waals surface area contributed by atoms with Crippen LogP contribution in [0.3, 0.4) is 0 Å². The van der Waals surface area contributed by atoms with Gasteiger partial charge in [-0.25, -0.2) is 4.79 Å². The van der Waals surface area contributed by atoms with Gasteiger partial charge in [-0.1, -0.05) is 36.4 Å². The molecular formula is C16H22N2O3. The lowest BCUT2D eigenvalue weighted by Gasteiger charge is -2.21. The first-order valence-corrected chi connectivity index (χ1v) is 6.89. The molecule has 0 saturated heterocycles. The van der Waals surface area contributed by atoms with Crippen LogP contribution in [0.4, 0.5) is 4.79 Å². The van der Waals surface area contributed by atoms with Crippen molar-refractivity contribution < 1.29 is 14.7 Å². The summed E-state index contributed by atoms with van der Waals surface area (Å²) in [4.78, 5) is 24.6. The number of aliphatic carboxylic acids is 1. The van der Waals surface area contributed by atoms with Crippen LogP contribution in [-0.4, -0.2) is 35.1 Å². The number of nitrogens with zero attached hydrogens (tertiary/aromatic N) is 1. The Kier molecular flexibility index (Phi) is 6.46. The molecule has 0 radical (unpaired) electrons. The smallest absolute Gasteiger partial charge is 0.317 e. The van der Waals surface area contributed by atoms with Crippen molar-refractivity contribution in [3.63, 3.8) is 0 Å². The highest BCUT2D eigenvalue weighted by Crippen LogP contribution is 2.10. The van der Waals surface area contributed by atoms with E-state index in [2.05, 4.69) is 11.9 Å². The Morgan fingerprint density at radius 2 is 1.90 bits per heavy atom. The molecule has 0 aromatic heterocycles. The number of nitrogens with one attached hydrogen (secondary N) is 1. The third-order valence-electron chi connectivity index (χ3n) is 3.02. The molecule has 0 aliphatic carbocycles. The Hall–Kier alpha value is -2.30. The molecule has 114 valence electrons.